The van der Waals surface area contributed by atoms with Crippen molar-refractivity contribution in [2.45, 2.75) is 6.92 Å². The Morgan fingerprint density at radius 2 is 1.77 bits per heavy atom. The second-order valence-corrected chi connectivity index (χ2v) is 7.74. The van der Waals surface area contributed by atoms with E-state index < -0.39 is 0 Å². The van der Waals surface area contributed by atoms with Crippen molar-refractivity contribution in [1.82, 2.24) is 0 Å². The number of aryl methyl sites for hydroxylation is 1. The number of quaternary nitrogens is 1. The van der Waals surface area contributed by atoms with Crippen LogP contribution in [0.15, 0.2) is 36.4 Å². The monoisotopic (exact) mass is 412 g/mol. The van der Waals surface area contributed by atoms with Gasteiger partial charge in [-0.05, 0) is 36.8 Å². The van der Waals surface area contributed by atoms with Gasteiger partial charge in [0.2, 0.25) is 0 Å². The predicted octanol–water partition coefficient (Wildman–Crippen LogP) is 3.30. The van der Waals surface area contributed by atoms with Gasteiger partial charge in [0.1, 0.15) is 0 Å². The molecule has 0 unspecified atom stereocenters. The first kappa shape index (κ1) is 19.3. The van der Waals surface area contributed by atoms with Crippen LogP contribution in [-0.2, 0) is 4.79 Å². The summed E-state index contributed by atoms with van der Waals surface area (Å²) in [6, 6.07) is 11.1. The lowest BCUT2D eigenvalue weighted by molar-refractivity contribution is -0.892. The van der Waals surface area contributed by atoms with E-state index in [1.807, 2.05) is 18.2 Å². The van der Waals surface area contributed by atoms with Gasteiger partial charge in [-0.3, -0.25) is 4.79 Å². The van der Waals surface area contributed by atoms with Gasteiger partial charge >= 0.3 is 0 Å². The van der Waals surface area contributed by atoms with E-state index in [1.54, 1.807) is 18.2 Å². The Kier molecular flexibility index (Phi) is 6.30. The lowest BCUT2D eigenvalue weighted by Gasteiger charge is -2.34. The summed E-state index contributed by atoms with van der Waals surface area (Å²) in [4.78, 5) is 15.9. The number of anilines is 2. The van der Waals surface area contributed by atoms with Gasteiger partial charge in [0.15, 0.2) is 6.54 Å². The molecule has 1 amide bonds. The van der Waals surface area contributed by atoms with E-state index >= 15 is 0 Å². The highest BCUT2D eigenvalue weighted by Gasteiger charge is 2.24. The Balaban J connectivity index is 1.55. The Morgan fingerprint density at radius 1 is 1.12 bits per heavy atom. The molecule has 0 saturated carbocycles. The predicted molar refractivity (Wildman–Crippen MR) is 109 cm³/mol. The Labute approximate surface area is 168 Å². The first-order chi connectivity index (χ1) is 12.4. The Morgan fingerprint density at radius 3 is 2.42 bits per heavy atom. The number of nitrogens with one attached hydrogen (secondary N) is 2. The number of carbonyl (C=O) groups excluding carboxylic acids is 1. The molecule has 2 aromatic carbocycles. The zero-order chi connectivity index (χ0) is 18.7. The number of hydrogen-bond donors (Lipinski definition) is 2. The number of halogens is 3. The molecule has 4 nitrogen and oxygen atoms in total. The summed E-state index contributed by atoms with van der Waals surface area (Å²) in [5.41, 5.74) is 2.86. The molecule has 0 aliphatic carbocycles. The Bertz CT molecular complexity index is 784. The minimum absolute atomic E-state index is 0.0811. The first-order valence-electron chi connectivity index (χ1n) is 8.52. The molecule has 26 heavy (non-hydrogen) atoms. The van der Waals surface area contributed by atoms with Crippen LogP contribution in [0.4, 0.5) is 11.4 Å². The van der Waals surface area contributed by atoms with E-state index in [4.69, 9.17) is 34.8 Å². The molecular formula is C19H21Cl3N3O+. The average Bonchev–Trinajstić information content (AvgIpc) is 2.61. The van der Waals surface area contributed by atoms with Crippen molar-refractivity contribution >= 4 is 52.1 Å². The molecule has 2 aromatic rings. The maximum atomic E-state index is 12.4. The molecule has 2 N–H and O–H groups in total. The van der Waals surface area contributed by atoms with Gasteiger partial charge < -0.3 is 15.1 Å². The lowest BCUT2D eigenvalue weighted by Crippen LogP contribution is -3.15. The molecule has 3 rings (SSSR count). The van der Waals surface area contributed by atoms with Gasteiger partial charge in [0.25, 0.3) is 5.91 Å². The highest BCUT2D eigenvalue weighted by molar-refractivity contribution is 6.39. The second-order valence-electron chi connectivity index (χ2n) is 6.49. The van der Waals surface area contributed by atoms with E-state index in [-0.39, 0.29) is 5.91 Å². The summed E-state index contributed by atoms with van der Waals surface area (Å²) >= 11 is 18.3. The summed E-state index contributed by atoms with van der Waals surface area (Å²) in [7, 11) is 0. The van der Waals surface area contributed by atoms with Crippen molar-refractivity contribution in [3.63, 3.8) is 0 Å². The zero-order valence-electron chi connectivity index (χ0n) is 14.5. The second kappa shape index (κ2) is 8.49. The molecule has 1 aliphatic rings. The molecule has 0 aromatic heterocycles. The number of carbonyl (C=O) groups is 1. The third-order valence-corrected chi connectivity index (χ3v) is 5.49. The quantitative estimate of drug-likeness (QED) is 0.807. The van der Waals surface area contributed by atoms with Gasteiger partial charge in [-0.1, -0.05) is 46.9 Å². The third-order valence-electron chi connectivity index (χ3n) is 4.62. The summed E-state index contributed by atoms with van der Waals surface area (Å²) < 4.78 is 0. The van der Waals surface area contributed by atoms with Crippen LogP contribution in [0, 0.1) is 6.92 Å². The third kappa shape index (κ3) is 4.63. The fourth-order valence-corrected chi connectivity index (χ4v) is 3.85. The molecule has 1 heterocycles. The van der Waals surface area contributed by atoms with Crippen molar-refractivity contribution in [2.75, 3.05) is 42.9 Å². The van der Waals surface area contributed by atoms with E-state index in [2.05, 4.69) is 17.1 Å². The van der Waals surface area contributed by atoms with Crippen molar-refractivity contribution < 1.29 is 9.69 Å². The number of amides is 1. The van der Waals surface area contributed by atoms with E-state index in [0.29, 0.717) is 22.3 Å². The van der Waals surface area contributed by atoms with Crippen molar-refractivity contribution in [3.8, 4) is 0 Å². The number of hydrogen-bond acceptors (Lipinski definition) is 2. The van der Waals surface area contributed by atoms with Crippen molar-refractivity contribution in [3.05, 3.63) is 57.0 Å². The molecular weight excluding hydrogens is 393 g/mol. The zero-order valence-corrected chi connectivity index (χ0v) is 16.8. The molecule has 1 aliphatic heterocycles. The fraction of sp³-hybridized carbons (Fsp3) is 0.316. The minimum atomic E-state index is -0.0811. The minimum Gasteiger partial charge on any atom is -0.360 e. The van der Waals surface area contributed by atoms with Gasteiger partial charge in [-0.2, -0.15) is 0 Å². The fourth-order valence-electron chi connectivity index (χ4n) is 3.19. The molecule has 138 valence electrons. The van der Waals surface area contributed by atoms with Crippen LogP contribution in [0.25, 0.3) is 0 Å². The van der Waals surface area contributed by atoms with Crippen molar-refractivity contribution in [2.24, 2.45) is 0 Å². The van der Waals surface area contributed by atoms with Crippen LogP contribution >= 0.6 is 34.8 Å². The number of rotatable bonds is 4. The van der Waals surface area contributed by atoms with E-state index in [0.717, 1.165) is 31.2 Å². The summed E-state index contributed by atoms with van der Waals surface area (Å²) in [5.74, 6) is -0.0811. The lowest BCUT2D eigenvalue weighted by atomic mass is 10.1. The highest BCUT2D eigenvalue weighted by atomic mass is 35.5. The van der Waals surface area contributed by atoms with Crippen LogP contribution < -0.4 is 15.1 Å². The van der Waals surface area contributed by atoms with Gasteiger partial charge in [0, 0.05) is 10.7 Å². The molecule has 0 radical (unpaired) electrons. The smallest absolute Gasteiger partial charge is 0.279 e. The van der Waals surface area contributed by atoms with E-state index in [1.165, 1.54) is 16.2 Å². The molecule has 0 atom stereocenters. The summed E-state index contributed by atoms with van der Waals surface area (Å²) in [6.07, 6.45) is 0. The summed E-state index contributed by atoms with van der Waals surface area (Å²) in [5, 5.41) is 4.47. The number of benzene rings is 2. The normalized spacial score (nSPS) is 15.2. The van der Waals surface area contributed by atoms with Gasteiger partial charge in [-0.15, -0.1) is 0 Å². The standard InChI is InChI=1S/C19H20Cl3N3O/c1-13-5-6-14(20)11-17(13)25-9-7-24(8-10-25)12-18(26)23-19-15(21)3-2-4-16(19)22/h2-6,11H,7-10,12H2,1H3,(H,23,26)/p+1. The van der Waals surface area contributed by atoms with Gasteiger partial charge in [-0.25, -0.2) is 0 Å². The molecule has 0 bridgehead atoms. The topological polar surface area (TPSA) is 36.8 Å². The highest BCUT2D eigenvalue weighted by Crippen LogP contribution is 2.29. The van der Waals surface area contributed by atoms with Crippen LogP contribution in [0.2, 0.25) is 15.1 Å². The number of nitrogens with zero attached hydrogens (tertiary/aromatic N) is 1. The summed E-state index contributed by atoms with van der Waals surface area (Å²) in [6.45, 7) is 6.02. The first-order valence-corrected chi connectivity index (χ1v) is 9.66. The molecule has 7 heteroatoms. The average molecular weight is 414 g/mol. The molecule has 0 spiro atoms. The SMILES string of the molecule is Cc1ccc(Cl)cc1N1CC[NH+](CC(=O)Nc2c(Cl)cccc2Cl)CC1. The van der Waals surface area contributed by atoms with E-state index in [9.17, 15) is 4.79 Å². The maximum Gasteiger partial charge on any atom is 0.279 e. The number of para-hydroxylation sites is 1. The van der Waals surface area contributed by atoms with Crippen molar-refractivity contribution in [1.29, 1.82) is 0 Å². The van der Waals surface area contributed by atoms with Crippen LogP contribution in [-0.4, -0.2) is 38.6 Å². The number of piperazine rings is 1. The van der Waals surface area contributed by atoms with Crippen LogP contribution in [0.5, 0.6) is 0 Å². The van der Waals surface area contributed by atoms with Crippen LogP contribution in [0.3, 0.4) is 0 Å². The molecule has 1 fully saturated rings. The molecule has 1 saturated heterocycles. The van der Waals surface area contributed by atoms with Gasteiger partial charge in [0.05, 0.1) is 41.9 Å². The Hall–Kier alpha value is -1.46. The largest absolute Gasteiger partial charge is 0.360 e. The maximum absolute atomic E-state index is 12.4. The van der Waals surface area contributed by atoms with Crippen LogP contribution in [0.1, 0.15) is 5.56 Å².